The summed E-state index contributed by atoms with van der Waals surface area (Å²) in [5.74, 6) is 3.64. The minimum Gasteiger partial charge on any atom is -0.299 e. The van der Waals surface area contributed by atoms with Crippen molar-refractivity contribution in [2.75, 3.05) is 0 Å². The zero-order valence-corrected chi connectivity index (χ0v) is 16.9. The van der Waals surface area contributed by atoms with Crippen molar-refractivity contribution >= 4 is 11.6 Å². The Balaban J connectivity index is 1.60. The van der Waals surface area contributed by atoms with Gasteiger partial charge in [0, 0.05) is 17.8 Å². The van der Waals surface area contributed by atoms with Crippen LogP contribution in [0.4, 0.5) is 0 Å². The Morgan fingerprint density at radius 2 is 1.81 bits per heavy atom. The number of hydrogen-bond donors (Lipinski definition) is 0. The molecule has 3 saturated carbocycles. The van der Waals surface area contributed by atoms with Crippen molar-refractivity contribution in [2.45, 2.75) is 85.0 Å². The van der Waals surface area contributed by atoms with E-state index in [4.69, 9.17) is 0 Å². The highest BCUT2D eigenvalue weighted by atomic mass is 16.1. The minimum absolute atomic E-state index is 0.0426. The summed E-state index contributed by atoms with van der Waals surface area (Å²) in [5, 5.41) is 0. The van der Waals surface area contributed by atoms with Gasteiger partial charge in [-0.2, -0.15) is 0 Å². The quantitative estimate of drug-likeness (QED) is 0.601. The van der Waals surface area contributed by atoms with Crippen LogP contribution in [0, 0.1) is 40.4 Å². The highest BCUT2D eigenvalue weighted by Gasteiger charge is 2.60. The Bertz CT molecular complexity index is 620. The van der Waals surface area contributed by atoms with E-state index in [0.29, 0.717) is 35.2 Å². The second kappa shape index (κ2) is 6.60. The molecule has 0 bridgehead atoms. The van der Waals surface area contributed by atoms with Crippen LogP contribution >= 0.6 is 0 Å². The third-order valence-corrected chi connectivity index (χ3v) is 9.13. The fraction of sp³-hybridized carbons (Fsp3) is 0.833. The number of carbonyl (C=O) groups is 2. The van der Waals surface area contributed by atoms with Gasteiger partial charge in [0.05, 0.1) is 0 Å². The number of unbranched alkanes of at least 4 members (excludes halogenated alkanes) is 2. The van der Waals surface area contributed by atoms with Gasteiger partial charge in [0.25, 0.3) is 0 Å². The Morgan fingerprint density at radius 3 is 2.58 bits per heavy atom. The molecular weight excluding hydrogens is 320 g/mol. The lowest BCUT2D eigenvalue weighted by atomic mass is 9.45. The molecule has 0 saturated heterocycles. The molecule has 0 N–H and O–H groups in total. The van der Waals surface area contributed by atoms with Crippen LogP contribution in [0.3, 0.4) is 0 Å². The third kappa shape index (κ3) is 2.58. The monoisotopic (exact) mass is 356 g/mol. The maximum atomic E-state index is 12.7. The van der Waals surface area contributed by atoms with E-state index < -0.39 is 0 Å². The number of Topliss-reactive ketones (excluding diaryl/α,β-unsaturated/α-hetero) is 1. The molecule has 4 aliphatic rings. The average Bonchev–Trinajstić information content (AvgIpc) is 2.93. The molecule has 7 atom stereocenters. The zero-order valence-electron chi connectivity index (χ0n) is 16.9. The fourth-order valence-corrected chi connectivity index (χ4v) is 7.61. The van der Waals surface area contributed by atoms with Gasteiger partial charge < -0.3 is 0 Å². The van der Waals surface area contributed by atoms with Gasteiger partial charge in [0.15, 0.2) is 5.78 Å². The molecule has 0 heterocycles. The highest BCUT2D eigenvalue weighted by Crippen LogP contribution is 2.65. The molecular formula is C24H36O2. The van der Waals surface area contributed by atoms with Crippen LogP contribution < -0.4 is 0 Å². The molecule has 0 aromatic heterocycles. The molecule has 2 unspecified atom stereocenters. The second-order valence-electron chi connectivity index (χ2n) is 10.2. The van der Waals surface area contributed by atoms with Gasteiger partial charge in [0.1, 0.15) is 5.78 Å². The van der Waals surface area contributed by atoms with Crippen LogP contribution in [-0.4, -0.2) is 11.6 Å². The first-order valence-electron chi connectivity index (χ1n) is 11.2. The summed E-state index contributed by atoms with van der Waals surface area (Å²) in [5.41, 5.74) is 0.125. The predicted molar refractivity (Wildman–Crippen MR) is 105 cm³/mol. The molecule has 144 valence electrons. The minimum atomic E-state index is -0.0426. The van der Waals surface area contributed by atoms with E-state index >= 15 is 0 Å². The summed E-state index contributed by atoms with van der Waals surface area (Å²) in [6.45, 7) is 6.94. The average molecular weight is 357 g/mol. The first-order valence-corrected chi connectivity index (χ1v) is 11.2. The molecule has 0 radical (unpaired) electrons. The summed E-state index contributed by atoms with van der Waals surface area (Å²) in [4.78, 5) is 25.2. The topological polar surface area (TPSA) is 34.1 Å². The van der Waals surface area contributed by atoms with E-state index in [1.165, 1.54) is 38.5 Å². The van der Waals surface area contributed by atoms with E-state index in [1.54, 1.807) is 0 Å². The van der Waals surface area contributed by atoms with E-state index in [1.807, 2.05) is 6.08 Å². The van der Waals surface area contributed by atoms with Gasteiger partial charge in [-0.1, -0.05) is 46.1 Å². The molecule has 2 heteroatoms. The van der Waals surface area contributed by atoms with Crippen molar-refractivity contribution in [2.24, 2.45) is 40.4 Å². The Morgan fingerprint density at radius 1 is 1.00 bits per heavy atom. The van der Waals surface area contributed by atoms with Gasteiger partial charge in [-0.15, -0.1) is 0 Å². The summed E-state index contributed by atoms with van der Waals surface area (Å²) in [7, 11) is 0. The largest absolute Gasteiger partial charge is 0.299 e. The Kier molecular flexibility index (Phi) is 4.68. The van der Waals surface area contributed by atoms with Crippen molar-refractivity contribution < 1.29 is 9.59 Å². The summed E-state index contributed by atoms with van der Waals surface area (Å²) in [6.07, 6.45) is 15.6. The summed E-state index contributed by atoms with van der Waals surface area (Å²) < 4.78 is 0. The molecule has 0 aliphatic heterocycles. The summed E-state index contributed by atoms with van der Waals surface area (Å²) >= 11 is 0. The fourth-order valence-electron chi connectivity index (χ4n) is 7.61. The second-order valence-corrected chi connectivity index (χ2v) is 10.2. The SMILES string of the molecule is CCCCCC1C(=O)C=C[C@@]2(C)C1CC[C@@H]1[C@H]2CC[C@]2(C)C(=O)CC[C@@H]12. The summed E-state index contributed by atoms with van der Waals surface area (Å²) in [6, 6.07) is 0. The number of rotatable bonds is 4. The lowest BCUT2D eigenvalue weighted by Gasteiger charge is -2.59. The maximum Gasteiger partial charge on any atom is 0.158 e. The Labute approximate surface area is 159 Å². The van der Waals surface area contributed by atoms with Crippen LogP contribution in [0.25, 0.3) is 0 Å². The van der Waals surface area contributed by atoms with Crippen molar-refractivity contribution in [1.29, 1.82) is 0 Å². The maximum absolute atomic E-state index is 12.7. The van der Waals surface area contributed by atoms with Crippen LogP contribution in [0.5, 0.6) is 0 Å². The molecule has 0 aromatic carbocycles. The molecule has 4 rings (SSSR count). The van der Waals surface area contributed by atoms with Crippen LogP contribution in [-0.2, 0) is 9.59 Å². The van der Waals surface area contributed by atoms with Crippen LogP contribution in [0.2, 0.25) is 0 Å². The Hall–Kier alpha value is -0.920. The molecule has 0 aromatic rings. The molecule has 4 aliphatic carbocycles. The third-order valence-electron chi connectivity index (χ3n) is 9.13. The van der Waals surface area contributed by atoms with E-state index in [2.05, 4.69) is 26.8 Å². The van der Waals surface area contributed by atoms with Crippen molar-refractivity contribution in [1.82, 2.24) is 0 Å². The number of allylic oxidation sites excluding steroid dienone is 2. The van der Waals surface area contributed by atoms with Crippen molar-refractivity contribution in [3.8, 4) is 0 Å². The molecule has 0 spiro atoms. The number of fused-ring (bicyclic) bond motifs is 5. The van der Waals surface area contributed by atoms with E-state index in [9.17, 15) is 9.59 Å². The zero-order chi connectivity index (χ0) is 18.5. The number of ketones is 2. The smallest absolute Gasteiger partial charge is 0.158 e. The van der Waals surface area contributed by atoms with Gasteiger partial charge in [-0.3, -0.25) is 9.59 Å². The van der Waals surface area contributed by atoms with E-state index in [0.717, 1.165) is 25.7 Å². The standard InChI is InChI=1S/C24H36O2/c1-4-5-6-7-17-19-9-8-16-18-10-11-22(26)24(18,3)14-12-20(16)23(19,2)15-13-21(17)25/h13,15-20H,4-12,14H2,1-3H3/t16-,17?,18-,19?,20+,23-,24-/m0/s1. The lowest BCUT2D eigenvalue weighted by molar-refractivity contribution is -0.138. The molecule has 26 heavy (non-hydrogen) atoms. The lowest BCUT2D eigenvalue weighted by Crippen LogP contribution is -2.54. The first-order chi connectivity index (χ1) is 12.4. The van der Waals surface area contributed by atoms with Gasteiger partial charge in [-0.25, -0.2) is 0 Å². The van der Waals surface area contributed by atoms with Gasteiger partial charge in [0.2, 0.25) is 0 Å². The predicted octanol–water partition coefficient (Wildman–Crippen LogP) is 5.75. The molecule has 0 amide bonds. The normalized spacial score (nSPS) is 47.4. The molecule has 2 nitrogen and oxygen atoms in total. The van der Waals surface area contributed by atoms with Gasteiger partial charge in [-0.05, 0) is 73.7 Å². The van der Waals surface area contributed by atoms with Gasteiger partial charge >= 0.3 is 0 Å². The highest BCUT2D eigenvalue weighted by molar-refractivity contribution is 5.93. The van der Waals surface area contributed by atoms with Crippen molar-refractivity contribution in [3.63, 3.8) is 0 Å². The van der Waals surface area contributed by atoms with Crippen LogP contribution in [0.15, 0.2) is 12.2 Å². The number of carbonyl (C=O) groups excluding carboxylic acids is 2. The van der Waals surface area contributed by atoms with Crippen LogP contribution in [0.1, 0.15) is 85.0 Å². The first kappa shape index (κ1) is 18.4. The van der Waals surface area contributed by atoms with Crippen molar-refractivity contribution in [3.05, 3.63) is 12.2 Å². The van der Waals surface area contributed by atoms with E-state index in [-0.39, 0.29) is 16.7 Å². The molecule has 3 fully saturated rings. The number of hydrogen-bond acceptors (Lipinski definition) is 2.